The van der Waals surface area contributed by atoms with Crippen molar-refractivity contribution in [1.29, 1.82) is 0 Å². The van der Waals surface area contributed by atoms with Crippen molar-refractivity contribution in [2.75, 3.05) is 0 Å². The van der Waals surface area contributed by atoms with E-state index in [2.05, 4.69) is 5.92 Å². The number of hydrogen-bond donors (Lipinski definition) is 0. The average Bonchev–Trinajstić information content (AvgIpc) is 2.70. The first kappa shape index (κ1) is 14.9. The zero-order chi connectivity index (χ0) is 15.8. The number of nitrogens with zero attached hydrogens (tertiary/aromatic N) is 2. The maximum absolute atomic E-state index is 13.3. The zero-order valence-electron chi connectivity index (χ0n) is 10.9. The van der Waals surface area contributed by atoms with Crippen LogP contribution in [-0.4, -0.2) is 9.36 Å². The molecule has 0 aliphatic heterocycles. The van der Waals surface area contributed by atoms with Crippen LogP contribution in [0.15, 0.2) is 29.2 Å². The highest BCUT2D eigenvalue weighted by Gasteiger charge is 2.37. The van der Waals surface area contributed by atoms with Crippen molar-refractivity contribution in [2.45, 2.75) is 19.6 Å². The molecular weight excluding hydrogens is 288 g/mol. The molecule has 110 valence electrons. The molecule has 0 radical (unpaired) electrons. The van der Waals surface area contributed by atoms with Crippen LogP contribution in [0.5, 0.6) is 0 Å². The van der Waals surface area contributed by atoms with Gasteiger partial charge in [0.05, 0.1) is 12.2 Å². The fourth-order valence-electron chi connectivity index (χ4n) is 1.92. The van der Waals surface area contributed by atoms with Gasteiger partial charge in [0.2, 0.25) is 0 Å². The number of terminal acetylenes is 1. The van der Waals surface area contributed by atoms with Gasteiger partial charge in [0.15, 0.2) is 0 Å². The largest absolute Gasteiger partial charge is 0.423 e. The van der Waals surface area contributed by atoms with E-state index in [1.807, 2.05) is 0 Å². The van der Waals surface area contributed by atoms with Crippen LogP contribution in [-0.2, 0) is 12.7 Å². The molecule has 0 aliphatic carbocycles. The Hall–Kier alpha value is -2.49. The third kappa shape index (κ3) is 2.70. The second-order valence-corrected chi connectivity index (χ2v) is 4.39. The molecule has 1 aromatic carbocycles. The molecule has 2 rings (SSSR count). The molecule has 0 saturated carbocycles. The molecule has 3 nitrogen and oxygen atoms in total. The summed E-state index contributed by atoms with van der Waals surface area (Å²) >= 11 is 0. The van der Waals surface area contributed by atoms with Gasteiger partial charge in [-0.1, -0.05) is 5.92 Å². The first-order chi connectivity index (χ1) is 9.75. The predicted octanol–water partition coefficient (Wildman–Crippen LogP) is 2.74. The van der Waals surface area contributed by atoms with Crippen molar-refractivity contribution < 1.29 is 17.6 Å². The minimum Gasteiger partial charge on any atom is -0.273 e. The van der Waals surface area contributed by atoms with Gasteiger partial charge in [0.25, 0.3) is 5.56 Å². The van der Waals surface area contributed by atoms with E-state index in [1.54, 1.807) is 0 Å². The lowest BCUT2D eigenvalue weighted by Crippen LogP contribution is -2.25. The third-order valence-corrected chi connectivity index (χ3v) is 2.90. The smallest absolute Gasteiger partial charge is 0.273 e. The van der Waals surface area contributed by atoms with Gasteiger partial charge in [-0.25, -0.2) is 9.07 Å². The van der Waals surface area contributed by atoms with E-state index >= 15 is 0 Å². The Morgan fingerprint density at radius 1 is 1.33 bits per heavy atom. The maximum atomic E-state index is 13.3. The van der Waals surface area contributed by atoms with E-state index in [1.165, 1.54) is 19.1 Å². The summed E-state index contributed by atoms with van der Waals surface area (Å²) in [7, 11) is 0. The average molecular weight is 298 g/mol. The van der Waals surface area contributed by atoms with Gasteiger partial charge in [-0.15, -0.1) is 6.42 Å². The molecule has 7 heteroatoms. The van der Waals surface area contributed by atoms with Crippen molar-refractivity contribution in [3.8, 4) is 18.0 Å². The summed E-state index contributed by atoms with van der Waals surface area (Å²) < 4.78 is 53.4. The van der Waals surface area contributed by atoms with Crippen molar-refractivity contribution in [3.05, 3.63) is 51.7 Å². The molecular formula is C14H10F4N2O. The quantitative estimate of drug-likeness (QED) is 0.618. The summed E-state index contributed by atoms with van der Waals surface area (Å²) in [4.78, 5) is 12.0. The summed E-state index contributed by atoms with van der Waals surface area (Å²) in [5, 5.41) is 0. The lowest BCUT2D eigenvalue weighted by molar-refractivity contribution is -0.138. The molecule has 0 amide bonds. The number of aromatic nitrogens is 2. The zero-order valence-corrected chi connectivity index (χ0v) is 10.9. The highest BCUT2D eigenvalue weighted by Crippen LogP contribution is 2.27. The number of benzene rings is 1. The van der Waals surface area contributed by atoms with Crippen LogP contribution in [0.4, 0.5) is 17.6 Å². The van der Waals surface area contributed by atoms with Crippen LogP contribution in [0.25, 0.3) is 5.69 Å². The number of aryl methyl sites for hydroxylation is 1. The summed E-state index contributed by atoms with van der Waals surface area (Å²) in [5.74, 6) is 1.66. The van der Waals surface area contributed by atoms with Crippen molar-refractivity contribution in [2.24, 2.45) is 0 Å². The summed E-state index contributed by atoms with van der Waals surface area (Å²) in [6.07, 6.45) is 0.972. The van der Waals surface area contributed by atoms with Crippen molar-refractivity contribution in [1.82, 2.24) is 9.36 Å². The Bertz CT molecular complexity index is 778. The molecule has 0 spiro atoms. The summed E-state index contributed by atoms with van der Waals surface area (Å²) in [6, 6.07) is 3.58. The Morgan fingerprint density at radius 2 is 2.00 bits per heavy atom. The first-order valence-electron chi connectivity index (χ1n) is 5.85. The van der Waals surface area contributed by atoms with E-state index in [0.717, 1.165) is 15.4 Å². The molecule has 0 bridgehead atoms. The van der Waals surface area contributed by atoms with Gasteiger partial charge < -0.3 is 0 Å². The van der Waals surface area contributed by atoms with Crippen LogP contribution in [0, 0.1) is 25.1 Å². The molecule has 1 heterocycles. The topological polar surface area (TPSA) is 26.9 Å². The van der Waals surface area contributed by atoms with Gasteiger partial charge in [0, 0.05) is 6.20 Å². The van der Waals surface area contributed by atoms with E-state index in [0.29, 0.717) is 6.20 Å². The number of alkyl halides is 3. The van der Waals surface area contributed by atoms with Crippen molar-refractivity contribution >= 4 is 0 Å². The molecule has 21 heavy (non-hydrogen) atoms. The minimum atomic E-state index is -4.78. The molecule has 2 aromatic rings. The normalized spacial score (nSPS) is 11.4. The molecule has 1 aromatic heterocycles. The highest BCUT2D eigenvalue weighted by molar-refractivity contribution is 5.36. The number of halogens is 4. The van der Waals surface area contributed by atoms with Crippen LogP contribution in [0.3, 0.4) is 0 Å². The van der Waals surface area contributed by atoms with Crippen LogP contribution >= 0.6 is 0 Å². The summed E-state index contributed by atoms with van der Waals surface area (Å²) in [5.41, 5.74) is -2.24. The fourth-order valence-corrected chi connectivity index (χ4v) is 1.92. The standard InChI is InChI=1S/C14H10F4N2O/c1-3-6-19-8-11(14(16,17)18)13(21)20(19)10-4-5-12(15)9(2)7-10/h1,4-5,7-8H,6H2,2H3. The lowest BCUT2D eigenvalue weighted by atomic mass is 10.2. The fraction of sp³-hybridized carbons (Fsp3) is 0.214. The molecule has 0 fully saturated rings. The van der Waals surface area contributed by atoms with E-state index in [-0.39, 0.29) is 17.8 Å². The second-order valence-electron chi connectivity index (χ2n) is 4.39. The molecule has 0 atom stereocenters. The Labute approximate surface area is 117 Å². The van der Waals surface area contributed by atoms with Crippen LogP contribution in [0.2, 0.25) is 0 Å². The van der Waals surface area contributed by atoms with Gasteiger partial charge in [-0.3, -0.25) is 9.48 Å². The number of hydrogen-bond acceptors (Lipinski definition) is 1. The van der Waals surface area contributed by atoms with Crippen molar-refractivity contribution in [3.63, 3.8) is 0 Å². The highest BCUT2D eigenvalue weighted by atomic mass is 19.4. The molecule has 0 saturated heterocycles. The lowest BCUT2D eigenvalue weighted by Gasteiger charge is -2.09. The van der Waals surface area contributed by atoms with Crippen LogP contribution < -0.4 is 5.56 Å². The van der Waals surface area contributed by atoms with E-state index < -0.39 is 23.1 Å². The van der Waals surface area contributed by atoms with Crippen LogP contribution in [0.1, 0.15) is 11.1 Å². The Morgan fingerprint density at radius 3 is 2.52 bits per heavy atom. The Kier molecular flexibility index (Phi) is 3.64. The third-order valence-electron chi connectivity index (χ3n) is 2.90. The molecule has 0 unspecified atom stereocenters. The molecule has 0 aliphatic rings. The first-order valence-corrected chi connectivity index (χ1v) is 5.85. The monoisotopic (exact) mass is 298 g/mol. The maximum Gasteiger partial charge on any atom is 0.423 e. The Balaban J connectivity index is 2.72. The SMILES string of the molecule is C#CCn1cc(C(F)(F)F)c(=O)n1-c1ccc(F)c(C)c1. The number of rotatable bonds is 2. The van der Waals surface area contributed by atoms with Gasteiger partial charge in [-0.2, -0.15) is 13.2 Å². The summed E-state index contributed by atoms with van der Waals surface area (Å²) in [6.45, 7) is 1.23. The minimum absolute atomic E-state index is 0.115. The van der Waals surface area contributed by atoms with Gasteiger partial charge in [0.1, 0.15) is 11.4 Å². The van der Waals surface area contributed by atoms with Gasteiger partial charge in [-0.05, 0) is 30.7 Å². The van der Waals surface area contributed by atoms with Gasteiger partial charge >= 0.3 is 6.18 Å². The predicted molar refractivity (Wildman–Crippen MR) is 68.6 cm³/mol. The van der Waals surface area contributed by atoms with E-state index in [9.17, 15) is 22.4 Å². The molecule has 0 N–H and O–H groups in total. The second kappa shape index (κ2) is 5.13. The van der Waals surface area contributed by atoms with E-state index in [4.69, 9.17) is 6.42 Å².